The second-order valence-electron chi connectivity index (χ2n) is 3.15. The average molecular weight is 206 g/mol. The highest BCUT2D eigenvalue weighted by Crippen LogP contribution is 2.34. The zero-order valence-corrected chi connectivity index (χ0v) is 8.85. The van der Waals surface area contributed by atoms with Gasteiger partial charge in [-0.25, -0.2) is 0 Å². The Balaban J connectivity index is 2.85. The third kappa shape index (κ3) is 1.30. The molecule has 0 aliphatic carbocycles. The summed E-state index contributed by atoms with van der Waals surface area (Å²) < 4.78 is 6.36. The molecule has 0 bridgehead atoms. The molecule has 0 atom stereocenters. The highest BCUT2D eigenvalue weighted by molar-refractivity contribution is 7.17. The first-order valence-corrected chi connectivity index (χ1v) is 5.15. The quantitative estimate of drug-likeness (QED) is 0.706. The molecule has 3 heteroatoms. The fraction of sp³-hybridized carbons (Fsp3) is 0.182. The van der Waals surface area contributed by atoms with Crippen molar-refractivity contribution >= 4 is 27.7 Å². The van der Waals surface area contributed by atoms with E-state index in [1.165, 1.54) is 0 Å². The number of carbonyl (C=O) groups is 1. The predicted octanol–water partition coefficient (Wildman–Crippen LogP) is 3.03. The molecular formula is C11H10O2S. The van der Waals surface area contributed by atoms with Gasteiger partial charge < -0.3 is 4.74 Å². The maximum atomic E-state index is 10.8. The second kappa shape index (κ2) is 3.42. The molecule has 0 aliphatic rings. The molecule has 14 heavy (non-hydrogen) atoms. The highest BCUT2D eigenvalue weighted by atomic mass is 32.1. The molecule has 0 radical (unpaired) electrons. The van der Waals surface area contributed by atoms with E-state index < -0.39 is 0 Å². The van der Waals surface area contributed by atoms with Crippen LogP contribution in [0.3, 0.4) is 0 Å². The van der Waals surface area contributed by atoms with Gasteiger partial charge in [-0.1, -0.05) is 0 Å². The summed E-state index contributed by atoms with van der Waals surface area (Å²) in [6.07, 6.45) is 0.872. The van der Waals surface area contributed by atoms with E-state index in [4.69, 9.17) is 4.74 Å². The first-order valence-electron chi connectivity index (χ1n) is 4.27. The Bertz CT molecular complexity index is 485. The summed E-state index contributed by atoms with van der Waals surface area (Å²) in [4.78, 5) is 10.8. The Morgan fingerprint density at radius 1 is 1.43 bits per heavy atom. The zero-order chi connectivity index (χ0) is 10.1. The van der Waals surface area contributed by atoms with Gasteiger partial charge in [0.2, 0.25) is 0 Å². The number of methoxy groups -OCH3 is 1. The van der Waals surface area contributed by atoms with Crippen molar-refractivity contribution < 1.29 is 9.53 Å². The van der Waals surface area contributed by atoms with Crippen LogP contribution >= 0.6 is 11.3 Å². The summed E-state index contributed by atoms with van der Waals surface area (Å²) in [6, 6.07) is 4.01. The molecular weight excluding hydrogens is 196 g/mol. The molecule has 0 unspecified atom stereocenters. The molecule has 2 aromatic rings. The van der Waals surface area contributed by atoms with E-state index in [0.29, 0.717) is 5.56 Å². The van der Waals surface area contributed by atoms with Crippen LogP contribution < -0.4 is 4.74 Å². The summed E-state index contributed by atoms with van der Waals surface area (Å²) in [6.45, 7) is 2.02. The number of rotatable bonds is 2. The number of aldehydes is 1. The van der Waals surface area contributed by atoms with E-state index in [0.717, 1.165) is 27.7 Å². The molecule has 1 aromatic carbocycles. The molecule has 0 aliphatic heterocycles. The molecule has 0 spiro atoms. The summed E-state index contributed by atoms with van der Waals surface area (Å²) in [5, 5.41) is 2.79. The van der Waals surface area contributed by atoms with E-state index in [1.54, 1.807) is 18.4 Å². The third-order valence-electron chi connectivity index (χ3n) is 2.16. The van der Waals surface area contributed by atoms with Crippen LogP contribution in [0.4, 0.5) is 0 Å². The number of ether oxygens (including phenoxy) is 1. The molecule has 2 rings (SSSR count). The lowest BCUT2D eigenvalue weighted by Gasteiger charge is -2.03. The minimum absolute atomic E-state index is 0.710. The average Bonchev–Trinajstić information content (AvgIpc) is 2.59. The first-order chi connectivity index (χ1) is 6.76. The summed E-state index contributed by atoms with van der Waals surface area (Å²) >= 11 is 1.57. The lowest BCUT2D eigenvalue weighted by atomic mass is 10.1. The minimum Gasteiger partial charge on any atom is -0.496 e. The molecule has 0 amide bonds. The molecule has 0 saturated heterocycles. The Labute approximate surface area is 86.1 Å². The number of hydrogen-bond donors (Lipinski definition) is 0. The summed E-state index contributed by atoms with van der Waals surface area (Å²) in [7, 11) is 1.63. The normalized spacial score (nSPS) is 10.4. The Morgan fingerprint density at radius 2 is 2.21 bits per heavy atom. The van der Waals surface area contributed by atoms with Crippen molar-refractivity contribution in [2.24, 2.45) is 0 Å². The number of thiophene rings is 1. The van der Waals surface area contributed by atoms with Crippen LogP contribution in [0, 0.1) is 6.92 Å². The number of carbonyl (C=O) groups excluding carboxylic acids is 1. The van der Waals surface area contributed by atoms with E-state index >= 15 is 0 Å². The number of hydrogen-bond acceptors (Lipinski definition) is 3. The van der Waals surface area contributed by atoms with E-state index in [2.05, 4.69) is 6.07 Å². The van der Waals surface area contributed by atoms with Crippen molar-refractivity contribution in [2.45, 2.75) is 6.92 Å². The molecule has 0 saturated carbocycles. The SMILES string of the molecule is COc1cc(C)cc2scc(C=O)c12. The molecule has 72 valence electrons. The van der Waals surface area contributed by atoms with Gasteiger partial charge in [0.05, 0.1) is 7.11 Å². The predicted molar refractivity (Wildman–Crippen MR) is 58.5 cm³/mol. The van der Waals surface area contributed by atoms with Crippen LogP contribution in [-0.4, -0.2) is 13.4 Å². The van der Waals surface area contributed by atoms with Gasteiger partial charge in [0.15, 0.2) is 6.29 Å². The van der Waals surface area contributed by atoms with Crippen LogP contribution in [0.25, 0.3) is 10.1 Å². The standard InChI is InChI=1S/C11H10O2S/c1-7-3-9(13-2)11-8(5-12)6-14-10(11)4-7/h3-6H,1-2H3. The Morgan fingerprint density at radius 3 is 2.86 bits per heavy atom. The number of benzene rings is 1. The fourth-order valence-electron chi connectivity index (χ4n) is 1.53. The van der Waals surface area contributed by atoms with Crippen LogP contribution in [0.15, 0.2) is 17.5 Å². The Hall–Kier alpha value is -1.35. The third-order valence-corrected chi connectivity index (χ3v) is 3.11. The van der Waals surface area contributed by atoms with Crippen molar-refractivity contribution in [3.8, 4) is 5.75 Å². The molecule has 1 heterocycles. The summed E-state index contributed by atoms with van der Waals surface area (Å²) in [5.74, 6) is 0.781. The van der Waals surface area contributed by atoms with Gasteiger partial charge in [-0.05, 0) is 24.6 Å². The number of aryl methyl sites for hydroxylation is 1. The molecule has 1 aromatic heterocycles. The van der Waals surface area contributed by atoms with Crippen molar-refractivity contribution in [1.29, 1.82) is 0 Å². The van der Waals surface area contributed by atoms with Crippen molar-refractivity contribution in [2.75, 3.05) is 7.11 Å². The van der Waals surface area contributed by atoms with Gasteiger partial charge in [-0.3, -0.25) is 4.79 Å². The van der Waals surface area contributed by atoms with Gasteiger partial charge in [0.1, 0.15) is 5.75 Å². The van der Waals surface area contributed by atoms with Crippen molar-refractivity contribution in [1.82, 2.24) is 0 Å². The van der Waals surface area contributed by atoms with Gasteiger partial charge in [0.25, 0.3) is 0 Å². The largest absolute Gasteiger partial charge is 0.496 e. The van der Waals surface area contributed by atoms with Crippen LogP contribution in [0.1, 0.15) is 15.9 Å². The van der Waals surface area contributed by atoms with Gasteiger partial charge in [-0.2, -0.15) is 0 Å². The van der Waals surface area contributed by atoms with E-state index in [9.17, 15) is 4.79 Å². The summed E-state index contributed by atoms with van der Waals surface area (Å²) in [5.41, 5.74) is 1.86. The van der Waals surface area contributed by atoms with E-state index in [-0.39, 0.29) is 0 Å². The Kier molecular flexibility index (Phi) is 2.25. The molecule has 0 fully saturated rings. The lowest BCUT2D eigenvalue weighted by molar-refractivity contribution is 0.112. The van der Waals surface area contributed by atoms with E-state index in [1.807, 2.05) is 18.4 Å². The van der Waals surface area contributed by atoms with Crippen LogP contribution in [-0.2, 0) is 0 Å². The maximum Gasteiger partial charge on any atom is 0.151 e. The van der Waals surface area contributed by atoms with Crippen LogP contribution in [0.2, 0.25) is 0 Å². The highest BCUT2D eigenvalue weighted by Gasteiger charge is 2.09. The monoisotopic (exact) mass is 206 g/mol. The van der Waals surface area contributed by atoms with Crippen LogP contribution in [0.5, 0.6) is 5.75 Å². The van der Waals surface area contributed by atoms with Gasteiger partial charge in [-0.15, -0.1) is 11.3 Å². The fourth-order valence-corrected chi connectivity index (χ4v) is 2.55. The van der Waals surface area contributed by atoms with Gasteiger partial charge in [0, 0.05) is 21.0 Å². The molecule has 2 nitrogen and oxygen atoms in total. The smallest absolute Gasteiger partial charge is 0.151 e. The second-order valence-corrected chi connectivity index (χ2v) is 4.06. The van der Waals surface area contributed by atoms with Gasteiger partial charge >= 0.3 is 0 Å². The molecule has 0 N–H and O–H groups in total. The number of fused-ring (bicyclic) bond motifs is 1. The van der Waals surface area contributed by atoms with Crippen molar-refractivity contribution in [3.05, 3.63) is 28.6 Å². The topological polar surface area (TPSA) is 26.3 Å². The van der Waals surface area contributed by atoms with Crippen molar-refractivity contribution in [3.63, 3.8) is 0 Å². The maximum absolute atomic E-state index is 10.8. The lowest BCUT2D eigenvalue weighted by Crippen LogP contribution is -1.86. The minimum atomic E-state index is 0.710. The first kappa shape index (κ1) is 9.21. The zero-order valence-electron chi connectivity index (χ0n) is 8.03.